The average Bonchev–Trinajstić information content (AvgIpc) is 2.96. The van der Waals surface area contributed by atoms with Crippen LogP contribution < -0.4 is 5.32 Å². The van der Waals surface area contributed by atoms with Crippen molar-refractivity contribution in [2.45, 2.75) is 32.0 Å². The molecule has 3 aromatic carbocycles. The number of carbonyl (C=O) groups is 2. The van der Waals surface area contributed by atoms with Gasteiger partial charge in [0.15, 0.2) is 5.78 Å². The standard InChI is InChI=1S/C31H22Cl2F3N3O3/c32-21-9-7-18(25(14-21)19-8-12-27(39-17-19)28(40)5-2-6-29(41)42)16-38-22-10-11-23(20(13-22)15-37)24-3-1-4-26(30(24)33)31(34,35)36/h1,3-4,7-14,17,38H,2,5-6,16H2,(H,41,42). The molecule has 6 nitrogen and oxygen atoms in total. The summed E-state index contributed by atoms with van der Waals surface area (Å²) in [6.45, 7) is 0.302. The monoisotopic (exact) mass is 611 g/mol. The summed E-state index contributed by atoms with van der Waals surface area (Å²) < 4.78 is 40.1. The second kappa shape index (κ2) is 13.1. The van der Waals surface area contributed by atoms with Crippen LogP contribution >= 0.6 is 23.2 Å². The molecule has 1 aromatic heterocycles. The van der Waals surface area contributed by atoms with Crippen LogP contribution in [0.2, 0.25) is 10.0 Å². The van der Waals surface area contributed by atoms with E-state index in [4.69, 9.17) is 28.3 Å². The number of benzene rings is 3. The number of nitrogens with zero attached hydrogens (tertiary/aromatic N) is 2. The number of ketones is 1. The number of carboxylic acids is 1. The topological polar surface area (TPSA) is 103 Å². The molecule has 0 aliphatic rings. The molecule has 42 heavy (non-hydrogen) atoms. The molecule has 4 aromatic rings. The van der Waals surface area contributed by atoms with Gasteiger partial charge in [-0.3, -0.25) is 14.6 Å². The number of rotatable bonds is 10. The van der Waals surface area contributed by atoms with Crippen molar-refractivity contribution in [3.8, 4) is 28.3 Å². The Hall–Kier alpha value is -4.39. The van der Waals surface area contributed by atoms with Crippen LogP contribution in [0.3, 0.4) is 0 Å². The molecule has 0 amide bonds. The number of carboxylic acid groups (broad SMARTS) is 1. The summed E-state index contributed by atoms with van der Waals surface area (Å²) in [6.07, 6.45) is -2.89. The third-order valence-electron chi connectivity index (χ3n) is 6.44. The van der Waals surface area contributed by atoms with Crippen LogP contribution in [0.1, 0.15) is 46.4 Å². The van der Waals surface area contributed by atoms with Gasteiger partial charge in [0.25, 0.3) is 0 Å². The molecule has 0 radical (unpaired) electrons. The first kappa shape index (κ1) is 30.6. The number of pyridine rings is 1. The fourth-order valence-electron chi connectivity index (χ4n) is 4.36. The van der Waals surface area contributed by atoms with Crippen molar-refractivity contribution in [3.63, 3.8) is 0 Å². The Labute approximate surface area is 249 Å². The number of aliphatic carboxylic acids is 1. The lowest BCUT2D eigenvalue weighted by molar-refractivity contribution is -0.138. The van der Waals surface area contributed by atoms with Gasteiger partial charge in [-0.15, -0.1) is 0 Å². The first-order chi connectivity index (χ1) is 20.0. The average molecular weight is 612 g/mol. The van der Waals surface area contributed by atoms with E-state index in [1.54, 1.807) is 42.6 Å². The maximum absolute atomic E-state index is 13.4. The molecule has 11 heteroatoms. The van der Waals surface area contributed by atoms with Gasteiger partial charge < -0.3 is 10.4 Å². The summed E-state index contributed by atoms with van der Waals surface area (Å²) in [7, 11) is 0. The van der Waals surface area contributed by atoms with Crippen LogP contribution in [0.5, 0.6) is 0 Å². The van der Waals surface area contributed by atoms with Crippen molar-refractivity contribution in [1.82, 2.24) is 4.98 Å². The fourth-order valence-corrected chi connectivity index (χ4v) is 4.86. The van der Waals surface area contributed by atoms with Gasteiger partial charge in [-0.05, 0) is 53.9 Å². The highest BCUT2D eigenvalue weighted by molar-refractivity contribution is 6.34. The number of halogens is 5. The molecule has 0 spiro atoms. The zero-order valence-electron chi connectivity index (χ0n) is 21.8. The highest BCUT2D eigenvalue weighted by atomic mass is 35.5. The van der Waals surface area contributed by atoms with Crippen LogP contribution in [0.15, 0.2) is 72.9 Å². The predicted octanol–water partition coefficient (Wildman–Crippen LogP) is 8.66. The van der Waals surface area contributed by atoms with Gasteiger partial charge in [0.2, 0.25) is 0 Å². The molecular weight excluding hydrogens is 590 g/mol. The Morgan fingerprint density at radius 1 is 0.952 bits per heavy atom. The Morgan fingerprint density at radius 2 is 1.74 bits per heavy atom. The molecule has 1 heterocycles. The van der Waals surface area contributed by atoms with E-state index in [-0.39, 0.29) is 47.4 Å². The summed E-state index contributed by atoms with van der Waals surface area (Å²) in [4.78, 5) is 27.3. The molecule has 4 rings (SSSR count). The summed E-state index contributed by atoms with van der Waals surface area (Å²) >= 11 is 12.3. The lowest BCUT2D eigenvalue weighted by Gasteiger charge is -2.15. The predicted molar refractivity (Wildman–Crippen MR) is 154 cm³/mol. The Bertz CT molecular complexity index is 1680. The highest BCUT2D eigenvalue weighted by Crippen LogP contribution is 2.41. The van der Waals surface area contributed by atoms with Crippen molar-refractivity contribution in [3.05, 3.63) is 105 Å². The molecular formula is C31H22Cl2F3N3O3. The van der Waals surface area contributed by atoms with Crippen molar-refractivity contribution in [2.75, 3.05) is 5.32 Å². The number of nitrogens with one attached hydrogen (secondary N) is 1. The van der Waals surface area contributed by atoms with Crippen molar-refractivity contribution >= 4 is 40.6 Å². The summed E-state index contributed by atoms with van der Waals surface area (Å²) in [5, 5.41) is 21.7. The maximum atomic E-state index is 13.4. The molecule has 0 saturated heterocycles. The van der Waals surface area contributed by atoms with Crippen LogP contribution in [-0.2, 0) is 17.5 Å². The lowest BCUT2D eigenvalue weighted by atomic mass is 9.97. The van der Waals surface area contributed by atoms with E-state index in [1.807, 2.05) is 12.1 Å². The van der Waals surface area contributed by atoms with Gasteiger partial charge in [0, 0.05) is 53.0 Å². The summed E-state index contributed by atoms with van der Waals surface area (Å²) in [5.41, 5.74) is 2.60. The number of hydrogen-bond donors (Lipinski definition) is 2. The molecule has 2 N–H and O–H groups in total. The molecule has 214 valence electrons. The largest absolute Gasteiger partial charge is 0.481 e. The first-order valence-electron chi connectivity index (χ1n) is 12.6. The smallest absolute Gasteiger partial charge is 0.417 e. The van der Waals surface area contributed by atoms with E-state index in [9.17, 15) is 28.0 Å². The lowest BCUT2D eigenvalue weighted by Crippen LogP contribution is -2.06. The van der Waals surface area contributed by atoms with Crippen molar-refractivity contribution < 1.29 is 27.9 Å². The van der Waals surface area contributed by atoms with E-state index in [0.29, 0.717) is 22.8 Å². The first-order valence-corrected chi connectivity index (χ1v) is 13.4. The fraction of sp³-hybridized carbons (Fsp3) is 0.161. The molecule has 0 atom stereocenters. The van der Waals surface area contributed by atoms with E-state index in [2.05, 4.69) is 10.3 Å². The van der Waals surface area contributed by atoms with Crippen molar-refractivity contribution in [1.29, 1.82) is 5.26 Å². The maximum Gasteiger partial charge on any atom is 0.417 e. The Balaban J connectivity index is 1.54. The number of alkyl halides is 3. The van der Waals surface area contributed by atoms with Crippen LogP contribution in [0, 0.1) is 11.3 Å². The molecule has 0 aliphatic carbocycles. The normalized spacial score (nSPS) is 11.1. The zero-order valence-corrected chi connectivity index (χ0v) is 23.3. The van der Waals surface area contributed by atoms with E-state index in [1.165, 1.54) is 18.2 Å². The third-order valence-corrected chi connectivity index (χ3v) is 7.09. The quantitative estimate of drug-likeness (QED) is 0.174. The minimum absolute atomic E-state index is 0.0778. The van der Waals surface area contributed by atoms with Gasteiger partial charge in [0.05, 0.1) is 22.2 Å². The van der Waals surface area contributed by atoms with E-state index >= 15 is 0 Å². The number of carbonyl (C=O) groups excluding carboxylic acids is 1. The number of hydrogen-bond acceptors (Lipinski definition) is 5. The second-order valence-corrected chi connectivity index (χ2v) is 10.1. The minimum atomic E-state index is -4.63. The molecule has 0 bridgehead atoms. The Morgan fingerprint density at radius 3 is 2.40 bits per heavy atom. The van der Waals surface area contributed by atoms with E-state index < -0.39 is 22.7 Å². The summed E-state index contributed by atoms with van der Waals surface area (Å²) in [6, 6.07) is 18.9. The van der Waals surface area contributed by atoms with Gasteiger partial charge in [-0.25, -0.2) is 0 Å². The van der Waals surface area contributed by atoms with Crippen molar-refractivity contribution in [2.24, 2.45) is 0 Å². The van der Waals surface area contributed by atoms with Gasteiger partial charge in [0.1, 0.15) is 5.69 Å². The second-order valence-electron chi connectivity index (χ2n) is 9.29. The van der Waals surface area contributed by atoms with Crippen LogP contribution in [-0.4, -0.2) is 21.8 Å². The van der Waals surface area contributed by atoms with Gasteiger partial charge in [-0.1, -0.05) is 53.5 Å². The molecule has 0 saturated carbocycles. The third kappa shape index (κ3) is 7.27. The molecule has 0 unspecified atom stereocenters. The van der Waals surface area contributed by atoms with Gasteiger partial charge in [-0.2, -0.15) is 18.4 Å². The van der Waals surface area contributed by atoms with Gasteiger partial charge >= 0.3 is 12.1 Å². The highest BCUT2D eigenvalue weighted by Gasteiger charge is 2.34. The molecule has 0 fully saturated rings. The zero-order chi connectivity index (χ0) is 30.4. The minimum Gasteiger partial charge on any atom is -0.481 e. The number of aromatic nitrogens is 1. The van der Waals surface area contributed by atoms with E-state index in [0.717, 1.165) is 17.2 Å². The Kier molecular flexibility index (Phi) is 9.51. The number of Topliss-reactive ketones (excluding diaryl/α,β-unsaturated/α-hetero) is 1. The van der Waals surface area contributed by atoms with Crippen LogP contribution in [0.25, 0.3) is 22.3 Å². The molecule has 0 aliphatic heterocycles. The number of nitriles is 1. The van der Waals surface area contributed by atoms with Crippen LogP contribution in [0.4, 0.5) is 18.9 Å². The number of anilines is 1. The SMILES string of the molecule is N#Cc1cc(NCc2ccc(Cl)cc2-c2ccc(C(=O)CCCC(=O)O)nc2)ccc1-c1cccc(C(F)(F)F)c1Cl. The summed E-state index contributed by atoms with van der Waals surface area (Å²) in [5.74, 6) is -1.22.